The Morgan fingerprint density at radius 2 is 2.33 bits per heavy atom. The van der Waals surface area contributed by atoms with Crippen molar-refractivity contribution in [3.8, 4) is 0 Å². The van der Waals surface area contributed by atoms with E-state index in [1.54, 1.807) is 5.57 Å². The first-order valence-electron chi connectivity index (χ1n) is 4.13. The molecule has 0 aliphatic heterocycles. The maximum Gasteiger partial charge on any atom is -0.0292 e. The highest BCUT2D eigenvalue weighted by atomic mass is 14.3. The minimum Gasteiger partial charge on any atom is -0.0853 e. The number of hydrogen-bond donors (Lipinski definition) is 0. The van der Waals surface area contributed by atoms with Crippen LogP contribution in [0.5, 0.6) is 0 Å². The molecule has 2 aliphatic carbocycles. The lowest BCUT2D eigenvalue weighted by molar-refractivity contribution is 0.778. The molecule has 0 spiro atoms. The summed E-state index contributed by atoms with van der Waals surface area (Å²) in [5, 5.41) is 0. The zero-order valence-corrected chi connectivity index (χ0v) is 5.90. The SMILES string of the molecule is C1=C(CC2CC2)CCC1. The Morgan fingerprint density at radius 1 is 1.44 bits per heavy atom. The third-order valence-corrected chi connectivity index (χ3v) is 2.38. The second kappa shape index (κ2) is 2.17. The molecular weight excluding hydrogens is 108 g/mol. The third kappa shape index (κ3) is 1.35. The molecule has 0 aromatic rings. The maximum atomic E-state index is 2.46. The molecule has 2 aliphatic rings. The van der Waals surface area contributed by atoms with Crippen LogP contribution in [0.4, 0.5) is 0 Å². The Hall–Kier alpha value is -0.260. The van der Waals surface area contributed by atoms with Gasteiger partial charge in [-0.05, 0) is 44.4 Å². The van der Waals surface area contributed by atoms with E-state index in [9.17, 15) is 0 Å². The van der Waals surface area contributed by atoms with E-state index in [2.05, 4.69) is 6.08 Å². The van der Waals surface area contributed by atoms with Gasteiger partial charge >= 0.3 is 0 Å². The van der Waals surface area contributed by atoms with E-state index in [1.165, 1.54) is 38.5 Å². The molecule has 0 amide bonds. The lowest BCUT2D eigenvalue weighted by Gasteiger charge is -1.95. The maximum absolute atomic E-state index is 2.46. The largest absolute Gasteiger partial charge is 0.0853 e. The topological polar surface area (TPSA) is 0 Å². The predicted molar refractivity (Wildman–Crippen MR) is 39.3 cm³/mol. The molecular formula is C9H14. The monoisotopic (exact) mass is 122 g/mol. The van der Waals surface area contributed by atoms with Crippen LogP contribution in [0.15, 0.2) is 11.6 Å². The van der Waals surface area contributed by atoms with Crippen molar-refractivity contribution >= 4 is 0 Å². The molecule has 0 N–H and O–H groups in total. The van der Waals surface area contributed by atoms with Crippen LogP contribution >= 0.6 is 0 Å². The minimum atomic E-state index is 1.11. The summed E-state index contributed by atoms with van der Waals surface area (Å²) in [5.41, 5.74) is 1.76. The molecule has 0 bridgehead atoms. The summed E-state index contributed by atoms with van der Waals surface area (Å²) in [6.45, 7) is 0. The first-order valence-corrected chi connectivity index (χ1v) is 4.13. The summed E-state index contributed by atoms with van der Waals surface area (Å²) in [4.78, 5) is 0. The van der Waals surface area contributed by atoms with Gasteiger partial charge in [0.1, 0.15) is 0 Å². The molecule has 9 heavy (non-hydrogen) atoms. The molecule has 0 aromatic carbocycles. The van der Waals surface area contributed by atoms with E-state index >= 15 is 0 Å². The van der Waals surface area contributed by atoms with Gasteiger partial charge < -0.3 is 0 Å². The molecule has 0 unspecified atom stereocenters. The summed E-state index contributed by atoms with van der Waals surface area (Å²) < 4.78 is 0. The fourth-order valence-corrected chi connectivity index (χ4v) is 1.62. The summed E-state index contributed by atoms with van der Waals surface area (Å²) in [7, 11) is 0. The molecule has 50 valence electrons. The van der Waals surface area contributed by atoms with E-state index in [4.69, 9.17) is 0 Å². The fourth-order valence-electron chi connectivity index (χ4n) is 1.62. The molecule has 0 heterocycles. The van der Waals surface area contributed by atoms with Crippen LogP contribution in [0, 0.1) is 5.92 Å². The lowest BCUT2D eigenvalue weighted by Crippen LogP contribution is -1.79. The second-order valence-electron chi connectivity index (χ2n) is 3.40. The Kier molecular flexibility index (Phi) is 1.33. The normalized spacial score (nSPS) is 26.4. The highest BCUT2D eigenvalue weighted by Gasteiger charge is 2.22. The van der Waals surface area contributed by atoms with Gasteiger partial charge in [-0.15, -0.1) is 0 Å². The van der Waals surface area contributed by atoms with E-state index in [0.717, 1.165) is 5.92 Å². The van der Waals surface area contributed by atoms with Crippen molar-refractivity contribution in [3.63, 3.8) is 0 Å². The molecule has 0 atom stereocenters. The van der Waals surface area contributed by atoms with Gasteiger partial charge in [0.2, 0.25) is 0 Å². The molecule has 2 rings (SSSR count). The number of hydrogen-bond acceptors (Lipinski definition) is 0. The molecule has 0 aromatic heterocycles. The standard InChI is InChI=1S/C9H14/c1-2-4-8(3-1)7-9-5-6-9/h3,9H,1-2,4-7H2. The van der Waals surface area contributed by atoms with Gasteiger partial charge in [0.25, 0.3) is 0 Å². The Labute approximate surface area is 57.0 Å². The van der Waals surface area contributed by atoms with Gasteiger partial charge in [0.15, 0.2) is 0 Å². The first kappa shape index (κ1) is 5.52. The third-order valence-electron chi connectivity index (χ3n) is 2.38. The smallest absolute Gasteiger partial charge is 0.0292 e. The quantitative estimate of drug-likeness (QED) is 0.494. The summed E-state index contributed by atoms with van der Waals surface area (Å²) in [6.07, 6.45) is 11.1. The van der Waals surface area contributed by atoms with Gasteiger partial charge in [-0.25, -0.2) is 0 Å². The highest BCUT2D eigenvalue weighted by Crippen LogP contribution is 2.37. The Morgan fingerprint density at radius 3 is 2.89 bits per heavy atom. The number of rotatable bonds is 2. The van der Waals surface area contributed by atoms with Gasteiger partial charge in [0, 0.05) is 0 Å². The van der Waals surface area contributed by atoms with Gasteiger partial charge in [-0.1, -0.05) is 11.6 Å². The number of allylic oxidation sites excluding steroid dienone is 2. The summed E-state index contributed by atoms with van der Waals surface area (Å²) in [5.74, 6) is 1.11. The molecule has 1 saturated carbocycles. The predicted octanol–water partition coefficient (Wildman–Crippen LogP) is 2.90. The van der Waals surface area contributed by atoms with Crippen LogP contribution < -0.4 is 0 Å². The van der Waals surface area contributed by atoms with Crippen molar-refractivity contribution < 1.29 is 0 Å². The Bertz CT molecular complexity index is 129. The minimum absolute atomic E-state index is 1.11. The first-order chi connectivity index (χ1) is 4.45. The Balaban J connectivity index is 1.82. The molecule has 0 radical (unpaired) electrons. The van der Waals surface area contributed by atoms with E-state index in [0.29, 0.717) is 0 Å². The van der Waals surface area contributed by atoms with Crippen molar-refractivity contribution in [2.45, 2.75) is 38.5 Å². The van der Waals surface area contributed by atoms with Crippen molar-refractivity contribution in [3.05, 3.63) is 11.6 Å². The molecule has 0 nitrogen and oxygen atoms in total. The van der Waals surface area contributed by atoms with Crippen molar-refractivity contribution in [1.82, 2.24) is 0 Å². The van der Waals surface area contributed by atoms with Crippen molar-refractivity contribution in [2.24, 2.45) is 5.92 Å². The lowest BCUT2D eigenvalue weighted by atomic mass is 10.1. The van der Waals surface area contributed by atoms with Gasteiger partial charge in [0.05, 0.1) is 0 Å². The van der Waals surface area contributed by atoms with Crippen LogP contribution in [-0.2, 0) is 0 Å². The van der Waals surface area contributed by atoms with E-state index < -0.39 is 0 Å². The highest BCUT2D eigenvalue weighted by molar-refractivity contribution is 5.09. The molecule has 1 fully saturated rings. The zero-order chi connectivity index (χ0) is 6.10. The molecule has 0 heteroatoms. The van der Waals surface area contributed by atoms with Crippen LogP contribution in [0.2, 0.25) is 0 Å². The van der Waals surface area contributed by atoms with Crippen molar-refractivity contribution in [2.75, 3.05) is 0 Å². The van der Waals surface area contributed by atoms with Crippen molar-refractivity contribution in [1.29, 1.82) is 0 Å². The van der Waals surface area contributed by atoms with Crippen LogP contribution in [0.25, 0.3) is 0 Å². The van der Waals surface area contributed by atoms with E-state index in [-0.39, 0.29) is 0 Å². The molecule has 0 saturated heterocycles. The zero-order valence-electron chi connectivity index (χ0n) is 5.90. The van der Waals surface area contributed by atoms with Gasteiger partial charge in [-0.2, -0.15) is 0 Å². The second-order valence-corrected chi connectivity index (χ2v) is 3.40. The summed E-state index contributed by atoms with van der Waals surface area (Å²) >= 11 is 0. The van der Waals surface area contributed by atoms with Crippen LogP contribution in [0.1, 0.15) is 38.5 Å². The van der Waals surface area contributed by atoms with Crippen LogP contribution in [0.3, 0.4) is 0 Å². The fraction of sp³-hybridized carbons (Fsp3) is 0.778. The average molecular weight is 122 g/mol. The van der Waals surface area contributed by atoms with Crippen LogP contribution in [-0.4, -0.2) is 0 Å². The van der Waals surface area contributed by atoms with E-state index in [1.807, 2.05) is 0 Å². The summed E-state index contributed by atoms with van der Waals surface area (Å²) in [6, 6.07) is 0. The van der Waals surface area contributed by atoms with Gasteiger partial charge in [-0.3, -0.25) is 0 Å². The average Bonchev–Trinajstić information content (AvgIpc) is 2.46.